The van der Waals surface area contributed by atoms with E-state index in [9.17, 15) is 14.4 Å². The topological polar surface area (TPSA) is 78.9 Å². The predicted molar refractivity (Wildman–Crippen MR) is 292 cm³/mol. The van der Waals surface area contributed by atoms with Crippen molar-refractivity contribution in [3.63, 3.8) is 0 Å². The molecule has 372 valence electrons. The molecule has 1 unspecified atom stereocenters. The molecule has 0 amide bonds. The van der Waals surface area contributed by atoms with Gasteiger partial charge in [-0.2, -0.15) is 0 Å². The third kappa shape index (κ3) is 51.2. The van der Waals surface area contributed by atoms with Crippen molar-refractivity contribution in [2.24, 2.45) is 0 Å². The van der Waals surface area contributed by atoms with Crippen molar-refractivity contribution in [1.82, 2.24) is 0 Å². The number of unbranched alkanes of at least 4 members (excludes halogenated alkanes) is 12. The number of allylic oxidation sites excluding steroid dienone is 32. The molecular weight excluding hydrogens is 841 g/mol. The molecule has 0 spiro atoms. The van der Waals surface area contributed by atoms with Gasteiger partial charge >= 0.3 is 17.9 Å². The molecule has 0 aromatic rings. The summed E-state index contributed by atoms with van der Waals surface area (Å²) in [7, 11) is 0. The van der Waals surface area contributed by atoms with Gasteiger partial charge in [0.2, 0.25) is 0 Å². The standard InChI is InChI=1S/C62H88O6/c1-4-7-10-13-16-19-22-25-28-30-32-34-37-40-43-46-49-52-55-61(64)67-58-59(57-66-60(63)54-51-48-45-42-39-36-33-27-24-21-18-15-12-9-6-3)68-62(65)56-53-50-47-44-41-38-35-31-29-26-23-20-17-14-11-8-5-2/h8-36,38-39,41,59H,4-7,37,40,42-58H2,1-3H3/b11-8-,12-9-,13-10-,17-14-,18-15-,19-16-,23-20-,24-21-,25-22-,29-26-,30-28-,33-27-,34-32-,35-31+,39-36-,41-38-. The van der Waals surface area contributed by atoms with Crippen LogP contribution in [0.1, 0.15) is 156 Å². The Morgan fingerprint density at radius 2 is 0.574 bits per heavy atom. The van der Waals surface area contributed by atoms with Crippen molar-refractivity contribution in [2.75, 3.05) is 13.2 Å². The molecule has 1 atom stereocenters. The second-order valence-corrected chi connectivity index (χ2v) is 16.0. The highest BCUT2D eigenvalue weighted by atomic mass is 16.6. The van der Waals surface area contributed by atoms with Crippen molar-refractivity contribution in [3.05, 3.63) is 194 Å². The van der Waals surface area contributed by atoms with E-state index < -0.39 is 6.10 Å². The van der Waals surface area contributed by atoms with Gasteiger partial charge in [-0.15, -0.1) is 0 Å². The molecule has 0 N–H and O–H groups in total. The summed E-state index contributed by atoms with van der Waals surface area (Å²) in [6, 6.07) is 0. The Morgan fingerprint density at radius 1 is 0.309 bits per heavy atom. The third-order valence-corrected chi connectivity index (χ3v) is 9.71. The van der Waals surface area contributed by atoms with Crippen LogP contribution in [0.3, 0.4) is 0 Å². The van der Waals surface area contributed by atoms with Crippen molar-refractivity contribution >= 4 is 17.9 Å². The lowest BCUT2D eigenvalue weighted by molar-refractivity contribution is -0.167. The van der Waals surface area contributed by atoms with Crippen LogP contribution in [0.4, 0.5) is 0 Å². The third-order valence-electron chi connectivity index (χ3n) is 9.71. The minimum Gasteiger partial charge on any atom is -0.462 e. The van der Waals surface area contributed by atoms with Crippen LogP contribution < -0.4 is 0 Å². The van der Waals surface area contributed by atoms with E-state index in [4.69, 9.17) is 14.2 Å². The van der Waals surface area contributed by atoms with E-state index in [-0.39, 0.29) is 44.0 Å². The number of carbonyl (C=O) groups excluding carboxylic acids is 3. The fourth-order valence-corrected chi connectivity index (χ4v) is 5.93. The largest absolute Gasteiger partial charge is 0.462 e. The zero-order valence-electron chi connectivity index (χ0n) is 42.3. The number of ether oxygens (including phenoxy) is 3. The van der Waals surface area contributed by atoms with Crippen LogP contribution in [0, 0.1) is 0 Å². The predicted octanol–water partition coefficient (Wildman–Crippen LogP) is 17.1. The molecule has 0 aromatic carbocycles. The maximum Gasteiger partial charge on any atom is 0.306 e. The summed E-state index contributed by atoms with van der Waals surface area (Å²) < 4.78 is 16.7. The lowest BCUT2D eigenvalue weighted by Gasteiger charge is -2.18. The van der Waals surface area contributed by atoms with Crippen molar-refractivity contribution in [3.8, 4) is 0 Å². The number of carbonyl (C=O) groups is 3. The van der Waals surface area contributed by atoms with Crippen molar-refractivity contribution in [2.45, 2.75) is 162 Å². The molecule has 0 fully saturated rings. The summed E-state index contributed by atoms with van der Waals surface area (Å²) in [5, 5.41) is 0. The number of hydrogen-bond acceptors (Lipinski definition) is 6. The molecule has 0 heterocycles. The highest BCUT2D eigenvalue weighted by Gasteiger charge is 2.19. The smallest absolute Gasteiger partial charge is 0.306 e. The van der Waals surface area contributed by atoms with E-state index in [2.05, 4.69) is 69.4 Å². The molecule has 6 heteroatoms. The molecule has 0 aromatic heterocycles. The molecule has 0 rings (SSSR count). The quantitative estimate of drug-likeness (QED) is 0.0263. The van der Waals surface area contributed by atoms with Gasteiger partial charge in [0, 0.05) is 19.3 Å². The summed E-state index contributed by atoms with van der Waals surface area (Å²) in [6.07, 6.45) is 82.5. The molecule has 0 saturated heterocycles. The van der Waals surface area contributed by atoms with Gasteiger partial charge in [0.15, 0.2) is 6.10 Å². The average molecular weight is 929 g/mol. The maximum absolute atomic E-state index is 12.8. The van der Waals surface area contributed by atoms with Crippen molar-refractivity contribution < 1.29 is 28.6 Å². The number of esters is 3. The summed E-state index contributed by atoms with van der Waals surface area (Å²) in [6.45, 7) is 6.12. The second-order valence-electron chi connectivity index (χ2n) is 16.0. The Kier molecular flexibility index (Phi) is 49.3. The Hall–Kier alpha value is -5.75. The van der Waals surface area contributed by atoms with E-state index in [1.54, 1.807) is 0 Å². The summed E-state index contributed by atoms with van der Waals surface area (Å²) in [4.78, 5) is 38.0. The van der Waals surface area contributed by atoms with Crippen LogP contribution in [-0.2, 0) is 28.6 Å². The van der Waals surface area contributed by atoms with Gasteiger partial charge in [-0.05, 0) is 77.0 Å². The van der Waals surface area contributed by atoms with E-state index in [1.165, 1.54) is 6.42 Å². The molecule has 6 nitrogen and oxygen atoms in total. The van der Waals surface area contributed by atoms with Gasteiger partial charge < -0.3 is 14.2 Å². The first-order valence-corrected chi connectivity index (χ1v) is 25.7. The fourth-order valence-electron chi connectivity index (χ4n) is 5.93. The molecule has 68 heavy (non-hydrogen) atoms. The van der Waals surface area contributed by atoms with Crippen LogP contribution in [0.25, 0.3) is 0 Å². The fraction of sp³-hybridized carbons (Fsp3) is 0.435. The van der Waals surface area contributed by atoms with Gasteiger partial charge in [0.05, 0.1) is 0 Å². The molecule has 0 radical (unpaired) electrons. The van der Waals surface area contributed by atoms with Crippen LogP contribution in [-0.4, -0.2) is 37.2 Å². The van der Waals surface area contributed by atoms with Crippen LogP contribution in [0.15, 0.2) is 194 Å². The summed E-state index contributed by atoms with van der Waals surface area (Å²) in [5.74, 6) is -1.07. The average Bonchev–Trinajstić information content (AvgIpc) is 3.34. The number of rotatable bonds is 42. The SMILES string of the molecule is CC\C=C/C=C\C=C/C=C\C=C/CCCCCC(=O)OCC(COC(=O)CCCCCCC\C=C/C=C\C=C/C=C\C=C/CCC)OC(=O)CCCCC\C=C/C=C/C=C\C=C/C=C\C=C/CC. The Morgan fingerprint density at radius 3 is 0.912 bits per heavy atom. The monoisotopic (exact) mass is 929 g/mol. The lowest BCUT2D eigenvalue weighted by Crippen LogP contribution is -2.30. The highest BCUT2D eigenvalue weighted by Crippen LogP contribution is 2.11. The minimum absolute atomic E-state index is 0.136. The molecule has 0 aliphatic carbocycles. The van der Waals surface area contributed by atoms with Gasteiger partial charge in [-0.3, -0.25) is 14.4 Å². The molecule has 0 aliphatic rings. The lowest BCUT2D eigenvalue weighted by atomic mass is 10.1. The number of hydrogen-bond donors (Lipinski definition) is 0. The van der Waals surface area contributed by atoms with Crippen LogP contribution in [0.5, 0.6) is 0 Å². The highest BCUT2D eigenvalue weighted by molar-refractivity contribution is 5.71. The Bertz CT molecular complexity index is 1730. The maximum atomic E-state index is 12.8. The van der Waals surface area contributed by atoms with Gasteiger partial charge in [0.1, 0.15) is 13.2 Å². The minimum atomic E-state index is -0.843. The zero-order valence-corrected chi connectivity index (χ0v) is 42.3. The van der Waals surface area contributed by atoms with Gasteiger partial charge in [-0.1, -0.05) is 254 Å². The van der Waals surface area contributed by atoms with Crippen LogP contribution >= 0.6 is 0 Å². The second kappa shape index (κ2) is 53.9. The van der Waals surface area contributed by atoms with E-state index >= 15 is 0 Å². The molecule has 0 saturated carbocycles. The van der Waals surface area contributed by atoms with E-state index in [1.807, 2.05) is 146 Å². The van der Waals surface area contributed by atoms with E-state index in [0.717, 1.165) is 96.3 Å². The molecular formula is C62H88O6. The molecule has 0 bridgehead atoms. The van der Waals surface area contributed by atoms with Gasteiger partial charge in [-0.25, -0.2) is 0 Å². The first-order chi connectivity index (χ1) is 33.5. The summed E-state index contributed by atoms with van der Waals surface area (Å²) in [5.41, 5.74) is 0. The van der Waals surface area contributed by atoms with Crippen molar-refractivity contribution in [1.29, 1.82) is 0 Å². The van der Waals surface area contributed by atoms with Crippen LogP contribution in [0.2, 0.25) is 0 Å². The molecule has 0 aliphatic heterocycles. The van der Waals surface area contributed by atoms with E-state index in [0.29, 0.717) is 19.3 Å². The normalized spacial score (nSPS) is 13.8. The Labute approximate surface area is 414 Å². The zero-order chi connectivity index (χ0) is 49.3. The first-order valence-electron chi connectivity index (χ1n) is 25.7. The Balaban J connectivity index is 4.68. The summed E-state index contributed by atoms with van der Waals surface area (Å²) >= 11 is 0. The first kappa shape index (κ1) is 62.2. The van der Waals surface area contributed by atoms with Gasteiger partial charge in [0.25, 0.3) is 0 Å².